The Morgan fingerprint density at radius 2 is 0.886 bits per heavy atom. The number of carbonyl (C=O) groups excluding carboxylic acids is 1. The number of esters is 1. The van der Waals surface area contributed by atoms with Gasteiger partial charge >= 0.3 is 41.5 Å². The van der Waals surface area contributed by atoms with Crippen LogP contribution in [-0.4, -0.2) is 94.3 Å². The molecule has 4 saturated heterocycles. The molecule has 6 atom stereocenters. The third-order valence-corrected chi connectivity index (χ3v) is 19.6. The van der Waals surface area contributed by atoms with Gasteiger partial charge in [0.25, 0.3) is 11.1 Å². The van der Waals surface area contributed by atoms with Crippen molar-refractivity contribution in [2.75, 3.05) is 6.61 Å². The number of carboxylic acids is 1. The molecule has 4 aromatic rings. The van der Waals surface area contributed by atoms with Gasteiger partial charge in [0.2, 0.25) is 11.4 Å². The van der Waals surface area contributed by atoms with Crippen LogP contribution < -0.4 is 40.7 Å². The Morgan fingerprint density at radius 1 is 0.543 bits per heavy atom. The van der Waals surface area contributed by atoms with Crippen LogP contribution in [0.1, 0.15) is 156 Å². The molecule has 8 saturated carbocycles. The molecule has 12 bridgehead atoms. The Balaban J connectivity index is 0.000000165. The van der Waals surface area contributed by atoms with Crippen molar-refractivity contribution < 1.29 is 54.5 Å². The van der Waals surface area contributed by atoms with Crippen molar-refractivity contribution in [1.82, 2.24) is 28.9 Å². The fourth-order valence-electron chi connectivity index (χ4n) is 18.0. The van der Waals surface area contributed by atoms with Crippen LogP contribution >= 0.6 is 24.8 Å². The molecule has 2 aromatic carbocycles. The number of aromatic nitrogens is 4. The number of hydrogen-bond donors (Lipinski definition) is 1. The molecule has 12 fully saturated rings. The van der Waals surface area contributed by atoms with E-state index < -0.39 is 17.5 Å². The van der Waals surface area contributed by atoms with E-state index in [0.29, 0.717) is 35.2 Å². The molecule has 2 N–H and O–H groups in total. The number of piperidine rings is 2. The monoisotopic (exact) mass is 1010 g/mol. The summed E-state index contributed by atoms with van der Waals surface area (Å²) >= 11 is 0. The average molecular weight is 1010 g/mol. The smallest absolute Gasteiger partial charge is 0.870 e. The predicted molar refractivity (Wildman–Crippen MR) is 267 cm³/mol. The van der Waals surface area contributed by atoms with Crippen molar-refractivity contribution >= 4 is 58.8 Å². The topological polar surface area (TPSA) is 170 Å². The summed E-state index contributed by atoms with van der Waals surface area (Å²) in [7, 11) is 0. The van der Waals surface area contributed by atoms with Gasteiger partial charge in [-0.25, -0.2) is 19.6 Å². The van der Waals surface area contributed by atoms with Crippen molar-refractivity contribution in [3.05, 3.63) is 80.6 Å². The fourth-order valence-corrected chi connectivity index (χ4v) is 18.0. The number of nitrogens with zero attached hydrogens (tertiary/aromatic N) is 6. The number of para-hydroxylation sites is 4. The summed E-state index contributed by atoms with van der Waals surface area (Å²) < 4.78 is 8.86. The van der Waals surface area contributed by atoms with Gasteiger partial charge in [0.05, 0.1) is 28.7 Å². The fraction of sp³-hybridized carbons (Fsp3) is 0.667. The Bertz CT molecular complexity index is 2650. The second-order valence-electron chi connectivity index (χ2n) is 23.0. The van der Waals surface area contributed by atoms with Crippen LogP contribution in [0.15, 0.2) is 58.1 Å². The maximum absolute atomic E-state index is 13.6. The number of fused-ring (bicyclic) bond motifs is 8. The van der Waals surface area contributed by atoms with E-state index in [4.69, 9.17) is 4.74 Å². The first kappa shape index (κ1) is 52.0. The maximum atomic E-state index is 13.6. The third kappa shape index (κ3) is 8.63. The average Bonchev–Trinajstić information content (AvgIpc) is 3.69. The van der Waals surface area contributed by atoms with E-state index in [1.807, 2.05) is 53.1 Å². The van der Waals surface area contributed by atoms with Gasteiger partial charge in [0.15, 0.2) is 0 Å². The number of hydrogen-bond acceptors (Lipinski definition) is 10. The molecule has 6 heterocycles. The summed E-state index contributed by atoms with van der Waals surface area (Å²) in [4.78, 5) is 65.6. The quantitative estimate of drug-likeness (QED) is 0.162. The summed E-state index contributed by atoms with van der Waals surface area (Å²) in [6.07, 6.45) is 23.4. The molecule has 13 nitrogen and oxygen atoms in total. The molecule has 0 spiro atoms. The second-order valence-corrected chi connectivity index (χ2v) is 23.0. The van der Waals surface area contributed by atoms with Gasteiger partial charge in [0.1, 0.15) is 0 Å². The van der Waals surface area contributed by atoms with Gasteiger partial charge < -0.3 is 24.5 Å². The number of benzene rings is 2. The first-order valence-corrected chi connectivity index (χ1v) is 26.1. The number of aromatic carboxylic acids is 1. The van der Waals surface area contributed by atoms with Crippen molar-refractivity contribution in [1.29, 1.82) is 0 Å². The molecular weight excluding hydrogens is 939 g/mol. The second kappa shape index (κ2) is 20.4. The van der Waals surface area contributed by atoms with Crippen molar-refractivity contribution in [3.63, 3.8) is 0 Å². The molecule has 0 amide bonds. The summed E-state index contributed by atoms with van der Waals surface area (Å²) in [6, 6.07) is 19.1. The number of halogens is 2. The summed E-state index contributed by atoms with van der Waals surface area (Å²) in [5, 5.41) is 9.61. The Kier molecular flexibility index (Phi) is 15.2. The first-order chi connectivity index (χ1) is 32.2. The normalized spacial score (nSPS) is 37.1. The minimum atomic E-state index is -1.23. The van der Waals surface area contributed by atoms with Gasteiger partial charge in [-0.2, -0.15) is 0 Å². The van der Waals surface area contributed by atoms with Crippen molar-refractivity contribution in [3.8, 4) is 0 Å². The molecule has 4 aliphatic heterocycles. The molecule has 16 rings (SSSR count). The number of rotatable bonds is 7. The van der Waals surface area contributed by atoms with Crippen LogP contribution in [0.25, 0.3) is 22.1 Å². The zero-order valence-corrected chi connectivity index (χ0v) is 44.4. The van der Waals surface area contributed by atoms with E-state index in [9.17, 15) is 24.3 Å². The van der Waals surface area contributed by atoms with E-state index in [0.717, 1.165) is 96.1 Å². The largest absolute Gasteiger partial charge is 1.00 e. The van der Waals surface area contributed by atoms with Gasteiger partial charge in [-0.05, 0) is 194 Å². The number of carbonyl (C=O) groups is 2. The zero-order chi connectivity index (χ0) is 44.5. The predicted octanol–water partition coefficient (Wildman–Crippen LogP) is 6.32. The molecule has 2 unspecified atom stereocenters. The molecule has 70 heavy (non-hydrogen) atoms. The number of carboxylic acid groups (broad SMARTS) is 1. The van der Waals surface area contributed by atoms with Gasteiger partial charge in [-0.3, -0.25) is 19.4 Å². The van der Waals surface area contributed by atoms with Crippen LogP contribution in [0.5, 0.6) is 0 Å². The molecule has 0 radical (unpaired) electrons. The van der Waals surface area contributed by atoms with Crippen LogP contribution in [-0.2, 0) is 4.74 Å². The Morgan fingerprint density at radius 3 is 1.24 bits per heavy atom. The van der Waals surface area contributed by atoms with Crippen molar-refractivity contribution in [2.45, 2.75) is 171 Å². The van der Waals surface area contributed by atoms with Gasteiger partial charge in [-0.15, -0.1) is 24.8 Å². The minimum Gasteiger partial charge on any atom is -0.870 e. The third-order valence-electron chi connectivity index (χ3n) is 19.6. The Labute approximate surface area is 444 Å². The molecule has 16 heteroatoms. The first-order valence-electron chi connectivity index (χ1n) is 26.1. The Hall–Kier alpha value is -2.88. The van der Waals surface area contributed by atoms with Crippen LogP contribution in [0.2, 0.25) is 0 Å². The van der Waals surface area contributed by atoms with E-state index in [-0.39, 0.29) is 95.5 Å². The van der Waals surface area contributed by atoms with E-state index >= 15 is 0 Å². The molecule has 372 valence electrons. The molecule has 12 aliphatic rings. The number of ether oxygens (including phenoxy) is 1. The van der Waals surface area contributed by atoms with Crippen LogP contribution in [0.4, 0.5) is 0 Å². The van der Waals surface area contributed by atoms with E-state index in [2.05, 4.69) is 19.8 Å². The molecule has 2 aromatic heterocycles. The molecule has 8 aliphatic carbocycles. The summed E-state index contributed by atoms with van der Waals surface area (Å²) in [5.74, 6) is 5.69. The maximum Gasteiger partial charge on any atom is 1.00 e. The standard InChI is InChI=1S/C28H35N3O3.C26H31N3O3.2ClH.Na.H2O/c1-2-34-28(33)25-27(32)31(24-6-4-3-5-23(24)29-25)22-14-20-7-8-21(15-22)30(20)26-18-10-16-9-17(12-18)13-19(26)11-16;30-25-23(26(31)32)27-21-3-1-2-4-22(21)29(25)20-12-18-5-6-19(13-20)28(18)24-16-8-14-7-15(10-16)11-17(24)9-14;;;;/h3-6,16-22,26H,2,7-15H2,1H3;1-4,14-20,24H,5-13H2,(H,31,32);2*1H;;1H2/q;;;;+1;/p-1/t16?,17?,18?,19?,20-,21+,22?,26?;14?,15?,16?,17?,18-,19+,20?,24?;;;;. The summed E-state index contributed by atoms with van der Waals surface area (Å²) in [6.45, 7) is 2.00. The summed E-state index contributed by atoms with van der Waals surface area (Å²) in [5.41, 5.74) is 1.76. The van der Waals surface area contributed by atoms with Gasteiger partial charge in [0, 0.05) is 48.3 Å². The zero-order valence-electron chi connectivity index (χ0n) is 40.7. The van der Waals surface area contributed by atoms with Crippen LogP contribution in [0.3, 0.4) is 0 Å². The molecular formula is C54H69Cl2N6NaO7. The van der Waals surface area contributed by atoms with Crippen molar-refractivity contribution in [2.24, 2.45) is 47.3 Å². The van der Waals surface area contributed by atoms with E-state index in [1.165, 1.54) is 89.9 Å². The SMILES string of the molecule is CCOC(=O)c1nc2ccccc2n(C2C[C@H]3CC[C@@H](C2)N3C2C3CC4CC(C3)CC2C4)c1=O.Cl.Cl.O=C(O)c1nc2ccccc2n(C2C[C@H]3CC[C@@H](C2)N3C2C3CC4CC(C3)CC2C4)c1=O.[Na+].[OH-]. The van der Waals surface area contributed by atoms with Crippen LogP contribution in [0, 0.1) is 47.3 Å². The minimum absolute atomic E-state index is 0. The van der Waals surface area contributed by atoms with E-state index in [1.54, 1.807) is 11.5 Å². The van der Waals surface area contributed by atoms with Gasteiger partial charge in [-0.1, -0.05) is 24.3 Å².